The Bertz CT molecular complexity index is 781. The molecular formula is C19H25N3O4. The van der Waals surface area contributed by atoms with Crippen molar-refractivity contribution in [1.82, 2.24) is 15.1 Å². The van der Waals surface area contributed by atoms with E-state index in [4.69, 9.17) is 9.84 Å². The Morgan fingerprint density at radius 2 is 1.92 bits per heavy atom. The number of ether oxygens (including phenoxy) is 1. The SMILES string of the molecule is Cc1nn(C)c(C)c1C(C)C(=O)NCCc1ccc(OCC(=O)O)cc1. The molecule has 1 amide bonds. The van der Waals surface area contributed by atoms with Crippen molar-refractivity contribution >= 4 is 11.9 Å². The summed E-state index contributed by atoms with van der Waals surface area (Å²) in [5, 5.41) is 15.9. The van der Waals surface area contributed by atoms with Crippen LogP contribution in [0.15, 0.2) is 24.3 Å². The molecule has 0 spiro atoms. The van der Waals surface area contributed by atoms with E-state index in [0.717, 1.165) is 22.5 Å². The van der Waals surface area contributed by atoms with Crippen LogP contribution in [-0.2, 0) is 23.1 Å². The topological polar surface area (TPSA) is 93.5 Å². The smallest absolute Gasteiger partial charge is 0.341 e. The standard InChI is InChI=1S/C19H25N3O4/c1-12(18-13(2)21-22(4)14(18)3)19(25)20-10-9-15-5-7-16(8-6-15)26-11-17(23)24/h5-8,12H,9-11H2,1-4H3,(H,20,25)(H,23,24). The fourth-order valence-electron chi connectivity index (χ4n) is 2.93. The van der Waals surface area contributed by atoms with Crippen LogP contribution >= 0.6 is 0 Å². The van der Waals surface area contributed by atoms with Gasteiger partial charge in [-0.3, -0.25) is 9.48 Å². The second kappa shape index (κ2) is 8.51. The van der Waals surface area contributed by atoms with Gasteiger partial charge in [-0.1, -0.05) is 12.1 Å². The Hall–Kier alpha value is -2.83. The van der Waals surface area contributed by atoms with Crippen LogP contribution in [0.5, 0.6) is 5.75 Å². The molecular weight excluding hydrogens is 334 g/mol. The molecule has 0 radical (unpaired) electrons. The predicted molar refractivity (Wildman–Crippen MR) is 97.4 cm³/mol. The van der Waals surface area contributed by atoms with E-state index in [2.05, 4.69) is 10.4 Å². The third kappa shape index (κ3) is 4.84. The maximum absolute atomic E-state index is 12.4. The quantitative estimate of drug-likeness (QED) is 0.751. The van der Waals surface area contributed by atoms with Crippen LogP contribution in [0.25, 0.3) is 0 Å². The first-order valence-corrected chi connectivity index (χ1v) is 8.51. The highest BCUT2D eigenvalue weighted by atomic mass is 16.5. The zero-order valence-corrected chi connectivity index (χ0v) is 15.6. The lowest BCUT2D eigenvalue weighted by atomic mass is 9.98. The molecule has 1 unspecified atom stereocenters. The van der Waals surface area contributed by atoms with Crippen molar-refractivity contribution < 1.29 is 19.4 Å². The number of nitrogens with one attached hydrogen (secondary N) is 1. The number of carbonyl (C=O) groups is 2. The van der Waals surface area contributed by atoms with Crippen molar-refractivity contribution in [2.45, 2.75) is 33.1 Å². The molecule has 0 saturated carbocycles. The summed E-state index contributed by atoms with van der Waals surface area (Å²) in [6.45, 7) is 5.94. The Kier molecular flexibility index (Phi) is 6.38. The van der Waals surface area contributed by atoms with E-state index in [1.807, 2.05) is 40.0 Å². The van der Waals surface area contributed by atoms with E-state index in [0.29, 0.717) is 18.7 Å². The lowest BCUT2D eigenvalue weighted by Crippen LogP contribution is -2.30. The summed E-state index contributed by atoms with van der Waals surface area (Å²) in [5.74, 6) is -0.776. The molecule has 7 heteroatoms. The van der Waals surface area contributed by atoms with Crippen LogP contribution in [0.3, 0.4) is 0 Å². The fraction of sp³-hybridized carbons (Fsp3) is 0.421. The van der Waals surface area contributed by atoms with Crippen LogP contribution in [0.4, 0.5) is 0 Å². The summed E-state index contributed by atoms with van der Waals surface area (Å²) in [4.78, 5) is 22.9. The Labute approximate surface area is 153 Å². The number of aryl methyl sites for hydroxylation is 2. The summed E-state index contributed by atoms with van der Waals surface area (Å²) >= 11 is 0. The molecule has 1 heterocycles. The van der Waals surface area contributed by atoms with E-state index >= 15 is 0 Å². The Balaban J connectivity index is 1.85. The molecule has 0 aliphatic heterocycles. The van der Waals surface area contributed by atoms with Gasteiger partial charge in [-0.05, 0) is 44.9 Å². The van der Waals surface area contributed by atoms with Crippen LogP contribution in [-0.4, -0.2) is 39.9 Å². The van der Waals surface area contributed by atoms with Gasteiger partial charge < -0.3 is 15.2 Å². The number of carboxylic acids is 1. The van der Waals surface area contributed by atoms with E-state index in [-0.39, 0.29) is 18.4 Å². The van der Waals surface area contributed by atoms with Crippen LogP contribution in [0.2, 0.25) is 0 Å². The third-order valence-corrected chi connectivity index (χ3v) is 4.39. The fourth-order valence-corrected chi connectivity index (χ4v) is 2.93. The number of hydrogen-bond acceptors (Lipinski definition) is 4. The van der Waals surface area contributed by atoms with Crippen LogP contribution < -0.4 is 10.1 Å². The monoisotopic (exact) mass is 359 g/mol. The first-order chi connectivity index (χ1) is 12.3. The zero-order chi connectivity index (χ0) is 19.3. The summed E-state index contributed by atoms with van der Waals surface area (Å²) in [7, 11) is 1.88. The van der Waals surface area contributed by atoms with Gasteiger partial charge in [-0.2, -0.15) is 5.10 Å². The van der Waals surface area contributed by atoms with Crippen LogP contribution in [0, 0.1) is 13.8 Å². The number of aliphatic carboxylic acids is 1. The molecule has 0 fully saturated rings. The first kappa shape index (κ1) is 19.5. The number of amides is 1. The molecule has 0 aliphatic carbocycles. The maximum atomic E-state index is 12.4. The Morgan fingerprint density at radius 3 is 2.46 bits per heavy atom. The average Bonchev–Trinajstić information content (AvgIpc) is 2.85. The minimum Gasteiger partial charge on any atom is -0.482 e. The molecule has 140 valence electrons. The van der Waals surface area contributed by atoms with E-state index in [1.165, 1.54) is 0 Å². The minimum absolute atomic E-state index is 0.0226. The molecule has 1 aromatic carbocycles. The van der Waals surface area contributed by atoms with Gasteiger partial charge in [0, 0.05) is 24.8 Å². The predicted octanol–water partition coefficient (Wildman–Crippen LogP) is 1.96. The average molecular weight is 359 g/mol. The van der Waals surface area contributed by atoms with E-state index in [9.17, 15) is 9.59 Å². The number of carbonyl (C=O) groups excluding carboxylic acids is 1. The molecule has 1 atom stereocenters. The van der Waals surface area contributed by atoms with Gasteiger partial charge in [0.25, 0.3) is 0 Å². The largest absolute Gasteiger partial charge is 0.482 e. The number of carboxylic acid groups (broad SMARTS) is 1. The summed E-state index contributed by atoms with van der Waals surface area (Å²) in [6, 6.07) is 7.18. The minimum atomic E-state index is -1.01. The highest BCUT2D eigenvalue weighted by Crippen LogP contribution is 2.22. The van der Waals surface area contributed by atoms with Crippen molar-refractivity contribution in [3.63, 3.8) is 0 Å². The zero-order valence-electron chi connectivity index (χ0n) is 15.6. The number of nitrogens with zero attached hydrogens (tertiary/aromatic N) is 2. The molecule has 0 saturated heterocycles. The molecule has 26 heavy (non-hydrogen) atoms. The molecule has 2 N–H and O–H groups in total. The van der Waals surface area contributed by atoms with Crippen molar-refractivity contribution in [1.29, 1.82) is 0 Å². The van der Waals surface area contributed by atoms with Gasteiger partial charge in [0.15, 0.2) is 6.61 Å². The summed E-state index contributed by atoms with van der Waals surface area (Å²) in [5.41, 5.74) is 3.89. The number of aromatic nitrogens is 2. The van der Waals surface area contributed by atoms with Crippen molar-refractivity contribution in [2.24, 2.45) is 7.05 Å². The lowest BCUT2D eigenvalue weighted by Gasteiger charge is -2.13. The van der Waals surface area contributed by atoms with Crippen LogP contribution in [0.1, 0.15) is 35.4 Å². The molecule has 2 aromatic rings. The summed E-state index contributed by atoms with van der Waals surface area (Å²) in [6.07, 6.45) is 0.683. The second-order valence-corrected chi connectivity index (χ2v) is 6.30. The van der Waals surface area contributed by atoms with Gasteiger partial charge in [-0.15, -0.1) is 0 Å². The number of rotatable bonds is 8. The van der Waals surface area contributed by atoms with Crippen molar-refractivity contribution in [2.75, 3.05) is 13.2 Å². The van der Waals surface area contributed by atoms with Gasteiger partial charge in [0.1, 0.15) is 5.75 Å². The molecule has 7 nitrogen and oxygen atoms in total. The summed E-state index contributed by atoms with van der Waals surface area (Å²) < 4.78 is 6.89. The number of benzene rings is 1. The van der Waals surface area contributed by atoms with E-state index in [1.54, 1.807) is 16.8 Å². The van der Waals surface area contributed by atoms with Crippen molar-refractivity contribution in [3.05, 3.63) is 46.8 Å². The molecule has 0 bridgehead atoms. The molecule has 2 rings (SSSR count). The van der Waals surface area contributed by atoms with Gasteiger partial charge in [0.2, 0.25) is 5.91 Å². The highest BCUT2D eigenvalue weighted by Gasteiger charge is 2.22. The Morgan fingerprint density at radius 1 is 1.27 bits per heavy atom. The van der Waals surface area contributed by atoms with E-state index < -0.39 is 5.97 Å². The first-order valence-electron chi connectivity index (χ1n) is 8.51. The van der Waals surface area contributed by atoms with Crippen molar-refractivity contribution in [3.8, 4) is 5.75 Å². The molecule has 1 aromatic heterocycles. The lowest BCUT2D eigenvalue weighted by molar-refractivity contribution is -0.139. The van der Waals surface area contributed by atoms with Gasteiger partial charge in [0.05, 0.1) is 11.6 Å². The van der Waals surface area contributed by atoms with Gasteiger partial charge >= 0.3 is 5.97 Å². The normalized spacial score (nSPS) is 11.8. The maximum Gasteiger partial charge on any atom is 0.341 e. The van der Waals surface area contributed by atoms with Gasteiger partial charge in [-0.25, -0.2) is 4.79 Å². The second-order valence-electron chi connectivity index (χ2n) is 6.30. The number of hydrogen-bond donors (Lipinski definition) is 2. The molecule has 0 aliphatic rings. The third-order valence-electron chi connectivity index (χ3n) is 4.39. The highest BCUT2D eigenvalue weighted by molar-refractivity contribution is 5.83.